The van der Waals surface area contributed by atoms with Crippen LogP contribution >= 0.6 is 0 Å². The molecule has 2 nitrogen and oxygen atoms in total. The van der Waals surface area contributed by atoms with Crippen molar-refractivity contribution in [3.8, 4) is 12.3 Å². The van der Waals surface area contributed by atoms with Crippen LogP contribution in [0.4, 0.5) is 0 Å². The maximum Gasteiger partial charge on any atom is 0.0379 e. The molecule has 2 heteroatoms. The van der Waals surface area contributed by atoms with Gasteiger partial charge in [-0.2, -0.15) is 0 Å². The van der Waals surface area contributed by atoms with Crippen LogP contribution in [0, 0.1) is 26.2 Å². The molecule has 0 saturated heterocycles. The molecule has 92 valence electrons. The lowest BCUT2D eigenvalue weighted by Gasteiger charge is -2.18. The predicted molar refractivity (Wildman–Crippen MR) is 72.8 cm³/mol. The van der Waals surface area contributed by atoms with Crippen LogP contribution in [0.3, 0.4) is 0 Å². The van der Waals surface area contributed by atoms with Crippen LogP contribution in [0.15, 0.2) is 12.1 Å². The van der Waals surface area contributed by atoms with Gasteiger partial charge in [0, 0.05) is 23.9 Å². The Hall–Kier alpha value is -1.33. The summed E-state index contributed by atoms with van der Waals surface area (Å²) in [5, 5.41) is 3.52. The summed E-state index contributed by atoms with van der Waals surface area (Å²) < 4.78 is 0. The first kappa shape index (κ1) is 13.7. The highest BCUT2D eigenvalue weighted by Crippen LogP contribution is 2.20. The van der Waals surface area contributed by atoms with Gasteiger partial charge in [0.15, 0.2) is 0 Å². The highest BCUT2D eigenvalue weighted by Gasteiger charge is 2.10. The lowest BCUT2D eigenvalue weighted by molar-refractivity contribution is 0.501. The lowest BCUT2D eigenvalue weighted by atomic mass is 10.0. The highest BCUT2D eigenvalue weighted by molar-refractivity contribution is 5.23. The largest absolute Gasteiger partial charge is 0.310 e. The first-order chi connectivity index (χ1) is 8.17. The predicted octanol–water partition coefficient (Wildman–Crippen LogP) is 3.15. The molecule has 1 aromatic heterocycles. The van der Waals surface area contributed by atoms with Crippen LogP contribution in [-0.4, -0.2) is 11.5 Å². The van der Waals surface area contributed by atoms with Gasteiger partial charge in [0.05, 0.1) is 0 Å². The van der Waals surface area contributed by atoms with Gasteiger partial charge in [-0.1, -0.05) is 6.92 Å². The van der Waals surface area contributed by atoms with E-state index >= 15 is 0 Å². The molecular weight excluding hydrogens is 208 g/mol. The zero-order valence-electron chi connectivity index (χ0n) is 11.1. The zero-order valence-corrected chi connectivity index (χ0v) is 11.1. The summed E-state index contributed by atoms with van der Waals surface area (Å²) in [5.74, 6) is 2.70. The SMILES string of the molecule is C#CCCCC(NCC)c1cc(C)nc(C)c1. The Balaban J connectivity index is 2.77. The third kappa shape index (κ3) is 4.58. The van der Waals surface area contributed by atoms with Gasteiger partial charge in [-0.3, -0.25) is 4.98 Å². The average Bonchev–Trinajstić information content (AvgIpc) is 2.27. The first-order valence-electron chi connectivity index (χ1n) is 6.29. The van der Waals surface area contributed by atoms with Gasteiger partial charge in [-0.25, -0.2) is 0 Å². The number of pyridine rings is 1. The Bertz CT molecular complexity index is 370. The molecule has 1 unspecified atom stereocenters. The number of nitrogens with one attached hydrogen (secondary N) is 1. The molecule has 0 fully saturated rings. The minimum absolute atomic E-state index is 0.397. The van der Waals surface area contributed by atoms with Gasteiger partial charge in [0.1, 0.15) is 0 Å². The number of rotatable bonds is 6. The van der Waals surface area contributed by atoms with Crippen molar-refractivity contribution in [1.82, 2.24) is 10.3 Å². The second kappa shape index (κ2) is 7.09. The Kier molecular flexibility index (Phi) is 5.72. The van der Waals surface area contributed by atoms with E-state index in [0.717, 1.165) is 37.2 Å². The van der Waals surface area contributed by atoms with Crippen molar-refractivity contribution < 1.29 is 0 Å². The van der Waals surface area contributed by atoms with Gasteiger partial charge in [-0.15, -0.1) is 12.3 Å². The van der Waals surface area contributed by atoms with Crippen molar-refractivity contribution in [2.24, 2.45) is 0 Å². The van der Waals surface area contributed by atoms with E-state index in [0.29, 0.717) is 6.04 Å². The van der Waals surface area contributed by atoms with E-state index in [-0.39, 0.29) is 0 Å². The molecule has 0 saturated carbocycles. The normalized spacial score (nSPS) is 12.1. The molecule has 1 aromatic rings. The standard InChI is InChI=1S/C15H22N2/c1-5-7-8-9-15(16-6-2)14-10-12(3)17-13(4)11-14/h1,10-11,15-16H,6-9H2,2-4H3. The second-order valence-corrected chi connectivity index (χ2v) is 4.39. The number of terminal acetylenes is 1. The van der Waals surface area contributed by atoms with E-state index < -0.39 is 0 Å². The van der Waals surface area contributed by atoms with Gasteiger partial charge >= 0.3 is 0 Å². The van der Waals surface area contributed by atoms with Gasteiger partial charge in [0.25, 0.3) is 0 Å². The highest BCUT2D eigenvalue weighted by atomic mass is 14.9. The molecule has 1 atom stereocenters. The van der Waals surface area contributed by atoms with Gasteiger partial charge in [0.2, 0.25) is 0 Å². The maximum atomic E-state index is 5.30. The molecule has 0 bridgehead atoms. The molecule has 0 spiro atoms. The molecule has 0 amide bonds. The molecule has 0 aliphatic rings. The average molecular weight is 230 g/mol. The smallest absolute Gasteiger partial charge is 0.0379 e. The minimum Gasteiger partial charge on any atom is -0.310 e. The Morgan fingerprint density at radius 2 is 2.00 bits per heavy atom. The summed E-state index contributed by atoms with van der Waals surface area (Å²) in [6.45, 7) is 7.19. The Labute approximate surface area is 105 Å². The molecule has 17 heavy (non-hydrogen) atoms. The third-order valence-corrected chi connectivity index (χ3v) is 2.77. The van der Waals surface area contributed by atoms with Crippen LogP contribution in [-0.2, 0) is 0 Å². The maximum absolute atomic E-state index is 5.30. The fourth-order valence-corrected chi connectivity index (χ4v) is 2.11. The van der Waals surface area contributed by atoms with E-state index in [4.69, 9.17) is 6.42 Å². The number of hydrogen-bond donors (Lipinski definition) is 1. The van der Waals surface area contributed by atoms with Crippen LogP contribution in [0.2, 0.25) is 0 Å². The third-order valence-electron chi connectivity index (χ3n) is 2.77. The zero-order chi connectivity index (χ0) is 12.7. The number of nitrogens with zero attached hydrogens (tertiary/aromatic N) is 1. The van der Waals surface area contributed by atoms with Gasteiger partial charge < -0.3 is 5.32 Å². The van der Waals surface area contributed by atoms with E-state index in [1.807, 2.05) is 13.8 Å². The van der Waals surface area contributed by atoms with Crippen molar-refractivity contribution in [3.63, 3.8) is 0 Å². The first-order valence-corrected chi connectivity index (χ1v) is 6.29. The molecule has 0 aliphatic heterocycles. The summed E-state index contributed by atoms with van der Waals surface area (Å²) >= 11 is 0. The van der Waals surface area contributed by atoms with Crippen molar-refractivity contribution in [2.75, 3.05) is 6.54 Å². The molecule has 1 rings (SSSR count). The molecule has 1 N–H and O–H groups in total. The number of aryl methyl sites for hydroxylation is 2. The summed E-state index contributed by atoms with van der Waals surface area (Å²) in [5.41, 5.74) is 3.49. The second-order valence-electron chi connectivity index (χ2n) is 4.39. The lowest BCUT2D eigenvalue weighted by Crippen LogP contribution is -2.21. The summed E-state index contributed by atoms with van der Waals surface area (Å²) in [6, 6.07) is 4.72. The monoisotopic (exact) mass is 230 g/mol. The fraction of sp³-hybridized carbons (Fsp3) is 0.533. The van der Waals surface area contributed by atoms with Gasteiger partial charge in [-0.05, 0) is 50.9 Å². The number of aromatic nitrogens is 1. The summed E-state index contributed by atoms with van der Waals surface area (Å²) in [7, 11) is 0. The molecule has 0 radical (unpaired) electrons. The van der Waals surface area contributed by atoms with E-state index in [1.165, 1.54) is 5.56 Å². The Morgan fingerprint density at radius 1 is 1.35 bits per heavy atom. The molecule has 0 aliphatic carbocycles. The van der Waals surface area contributed by atoms with Crippen LogP contribution < -0.4 is 5.32 Å². The van der Waals surface area contributed by atoms with E-state index in [1.54, 1.807) is 0 Å². The van der Waals surface area contributed by atoms with E-state index in [9.17, 15) is 0 Å². The van der Waals surface area contributed by atoms with Crippen LogP contribution in [0.25, 0.3) is 0 Å². The molecule has 1 heterocycles. The number of hydrogen-bond acceptors (Lipinski definition) is 2. The summed E-state index contributed by atoms with van der Waals surface area (Å²) in [4.78, 5) is 4.41. The minimum atomic E-state index is 0.397. The topological polar surface area (TPSA) is 24.9 Å². The summed E-state index contributed by atoms with van der Waals surface area (Å²) in [6.07, 6.45) is 8.30. The van der Waals surface area contributed by atoms with Crippen molar-refractivity contribution in [2.45, 2.75) is 46.1 Å². The van der Waals surface area contributed by atoms with E-state index in [2.05, 4.69) is 35.3 Å². The fourth-order valence-electron chi connectivity index (χ4n) is 2.11. The molecular formula is C15H22N2. The Morgan fingerprint density at radius 3 is 2.53 bits per heavy atom. The van der Waals surface area contributed by atoms with Crippen molar-refractivity contribution >= 4 is 0 Å². The molecule has 0 aromatic carbocycles. The van der Waals surface area contributed by atoms with Crippen molar-refractivity contribution in [3.05, 3.63) is 29.1 Å². The van der Waals surface area contributed by atoms with Crippen LogP contribution in [0.5, 0.6) is 0 Å². The number of unbranched alkanes of at least 4 members (excludes halogenated alkanes) is 1. The quantitative estimate of drug-likeness (QED) is 0.600. The van der Waals surface area contributed by atoms with Crippen LogP contribution in [0.1, 0.15) is 49.2 Å². The van der Waals surface area contributed by atoms with Crippen molar-refractivity contribution in [1.29, 1.82) is 0 Å².